The molecule has 1 aromatic carbocycles. The van der Waals surface area contributed by atoms with Gasteiger partial charge < -0.3 is 4.90 Å². The SMILES string of the molecule is [C-]#[N+]c1ccc(N(Cc2ccsc2)CC(F)(F)F)cc1C(F)(F)F. The second kappa shape index (κ2) is 6.73. The lowest BCUT2D eigenvalue weighted by Crippen LogP contribution is -2.33. The van der Waals surface area contributed by atoms with Crippen LogP contribution in [0.1, 0.15) is 11.1 Å². The Kier molecular flexibility index (Phi) is 5.08. The third kappa shape index (κ3) is 4.64. The Morgan fingerprint density at radius 1 is 1.08 bits per heavy atom. The van der Waals surface area contributed by atoms with Gasteiger partial charge in [-0.15, -0.1) is 0 Å². The van der Waals surface area contributed by atoms with Crippen LogP contribution < -0.4 is 4.90 Å². The lowest BCUT2D eigenvalue weighted by Gasteiger charge is -2.26. The first-order chi connectivity index (χ1) is 11.1. The minimum Gasteiger partial charge on any atom is -0.358 e. The van der Waals surface area contributed by atoms with Gasteiger partial charge in [-0.1, -0.05) is 6.07 Å². The van der Waals surface area contributed by atoms with E-state index in [2.05, 4.69) is 4.85 Å². The average molecular weight is 364 g/mol. The van der Waals surface area contributed by atoms with Gasteiger partial charge in [0.2, 0.25) is 0 Å². The molecule has 1 heterocycles. The molecule has 0 spiro atoms. The first-order valence-corrected chi connectivity index (χ1v) is 7.46. The van der Waals surface area contributed by atoms with E-state index in [9.17, 15) is 26.3 Å². The number of hydrogen-bond donors (Lipinski definition) is 0. The summed E-state index contributed by atoms with van der Waals surface area (Å²) in [6, 6.07) is 4.18. The third-order valence-corrected chi connectivity index (χ3v) is 3.83. The molecule has 0 N–H and O–H groups in total. The highest BCUT2D eigenvalue weighted by Crippen LogP contribution is 2.39. The van der Waals surface area contributed by atoms with Crippen LogP contribution in [0, 0.1) is 6.57 Å². The van der Waals surface area contributed by atoms with Crippen molar-refractivity contribution in [3.63, 3.8) is 0 Å². The summed E-state index contributed by atoms with van der Waals surface area (Å²) in [6.07, 6.45) is -9.39. The molecule has 2 rings (SSSR count). The lowest BCUT2D eigenvalue weighted by molar-refractivity contribution is -0.136. The molecule has 0 aliphatic heterocycles. The Bertz CT molecular complexity index is 728. The molecule has 9 heteroatoms. The molecule has 0 fully saturated rings. The maximum Gasteiger partial charge on any atom is 0.407 e. The Morgan fingerprint density at radius 2 is 1.79 bits per heavy atom. The van der Waals surface area contributed by atoms with E-state index in [1.807, 2.05) is 0 Å². The zero-order chi connectivity index (χ0) is 18.0. The standard InChI is InChI=1S/C15H10F6N2S/c1-22-13-3-2-11(6-12(13)15(19,20)21)23(9-14(16,17)18)7-10-4-5-24-8-10/h2-6,8H,7,9H2. The smallest absolute Gasteiger partial charge is 0.358 e. The molecular weight excluding hydrogens is 354 g/mol. The predicted molar refractivity (Wildman–Crippen MR) is 79.1 cm³/mol. The van der Waals surface area contributed by atoms with Gasteiger partial charge in [0.15, 0.2) is 5.69 Å². The summed E-state index contributed by atoms with van der Waals surface area (Å²) in [5.41, 5.74) is -1.56. The van der Waals surface area contributed by atoms with E-state index in [1.165, 1.54) is 11.3 Å². The average Bonchev–Trinajstić information content (AvgIpc) is 2.96. The Labute approximate surface area is 137 Å². The van der Waals surface area contributed by atoms with E-state index in [0.29, 0.717) is 11.6 Å². The summed E-state index contributed by atoms with van der Waals surface area (Å²) >= 11 is 1.28. The van der Waals surface area contributed by atoms with Crippen LogP contribution in [0.4, 0.5) is 37.7 Å². The molecule has 0 radical (unpaired) electrons. The maximum atomic E-state index is 13.0. The lowest BCUT2D eigenvalue weighted by atomic mass is 10.1. The van der Waals surface area contributed by atoms with Crippen molar-refractivity contribution in [3.8, 4) is 0 Å². The zero-order valence-corrected chi connectivity index (χ0v) is 12.8. The minimum atomic E-state index is -4.82. The summed E-state index contributed by atoms with van der Waals surface area (Å²) in [6.45, 7) is 5.20. The monoisotopic (exact) mass is 364 g/mol. The zero-order valence-electron chi connectivity index (χ0n) is 11.9. The summed E-state index contributed by atoms with van der Waals surface area (Å²) in [7, 11) is 0. The quantitative estimate of drug-likeness (QED) is 0.485. The molecule has 2 nitrogen and oxygen atoms in total. The third-order valence-electron chi connectivity index (χ3n) is 3.09. The van der Waals surface area contributed by atoms with Crippen LogP contribution in [-0.2, 0) is 12.7 Å². The summed E-state index contributed by atoms with van der Waals surface area (Å²) in [4.78, 5) is 3.59. The van der Waals surface area contributed by atoms with E-state index in [0.717, 1.165) is 17.0 Å². The summed E-state index contributed by atoms with van der Waals surface area (Å²) < 4.78 is 77.4. The van der Waals surface area contributed by atoms with Crippen LogP contribution in [-0.4, -0.2) is 12.7 Å². The van der Waals surface area contributed by atoms with Crippen molar-refractivity contribution >= 4 is 22.7 Å². The fourth-order valence-corrected chi connectivity index (χ4v) is 2.76. The van der Waals surface area contributed by atoms with Crippen LogP contribution in [0.25, 0.3) is 4.85 Å². The van der Waals surface area contributed by atoms with E-state index >= 15 is 0 Å². The molecule has 0 amide bonds. The van der Waals surface area contributed by atoms with Crippen LogP contribution in [0.2, 0.25) is 0 Å². The second-order valence-corrected chi connectivity index (χ2v) is 5.69. The van der Waals surface area contributed by atoms with Crippen molar-refractivity contribution in [3.05, 3.63) is 57.6 Å². The number of thiophene rings is 1. The van der Waals surface area contributed by atoms with E-state index in [1.54, 1.807) is 16.8 Å². The van der Waals surface area contributed by atoms with Crippen LogP contribution in [0.5, 0.6) is 0 Å². The summed E-state index contributed by atoms with van der Waals surface area (Å²) in [5, 5.41) is 3.30. The Morgan fingerprint density at radius 3 is 2.29 bits per heavy atom. The van der Waals surface area contributed by atoms with E-state index in [4.69, 9.17) is 6.57 Å². The maximum absolute atomic E-state index is 13.0. The van der Waals surface area contributed by atoms with Crippen molar-refractivity contribution in [1.82, 2.24) is 0 Å². The van der Waals surface area contributed by atoms with Gasteiger partial charge >= 0.3 is 12.4 Å². The van der Waals surface area contributed by atoms with E-state index in [-0.39, 0.29) is 12.2 Å². The Hall–Kier alpha value is -2.21. The minimum absolute atomic E-state index is 0.183. The van der Waals surface area contributed by atoms with Crippen molar-refractivity contribution in [2.75, 3.05) is 11.4 Å². The molecular formula is C15H10F6N2S. The topological polar surface area (TPSA) is 7.60 Å². The van der Waals surface area contributed by atoms with Gasteiger partial charge in [0.05, 0.1) is 12.1 Å². The number of benzene rings is 1. The number of rotatable bonds is 4. The summed E-state index contributed by atoms with van der Waals surface area (Å²) in [5.74, 6) is 0. The first kappa shape index (κ1) is 18.1. The van der Waals surface area contributed by atoms with Crippen molar-refractivity contribution in [2.24, 2.45) is 0 Å². The highest BCUT2D eigenvalue weighted by molar-refractivity contribution is 7.07. The number of halogens is 6. The number of anilines is 1. The fraction of sp³-hybridized carbons (Fsp3) is 0.267. The van der Waals surface area contributed by atoms with Gasteiger partial charge in [0.1, 0.15) is 6.54 Å². The molecule has 24 heavy (non-hydrogen) atoms. The highest BCUT2D eigenvalue weighted by atomic mass is 32.1. The van der Waals surface area contributed by atoms with Gasteiger partial charge in [0.25, 0.3) is 0 Å². The Balaban J connectivity index is 2.44. The molecule has 0 bridgehead atoms. The highest BCUT2D eigenvalue weighted by Gasteiger charge is 2.35. The second-order valence-electron chi connectivity index (χ2n) is 4.91. The number of alkyl halides is 6. The van der Waals surface area contributed by atoms with Crippen LogP contribution >= 0.6 is 11.3 Å². The molecule has 0 saturated heterocycles. The van der Waals surface area contributed by atoms with Crippen LogP contribution in [0.15, 0.2) is 35.0 Å². The van der Waals surface area contributed by atoms with Crippen molar-refractivity contribution in [2.45, 2.75) is 18.9 Å². The van der Waals surface area contributed by atoms with Gasteiger partial charge in [-0.2, -0.15) is 37.7 Å². The fourth-order valence-electron chi connectivity index (χ4n) is 2.10. The van der Waals surface area contributed by atoms with Gasteiger partial charge in [0, 0.05) is 12.2 Å². The molecule has 0 atom stereocenters. The van der Waals surface area contributed by atoms with Gasteiger partial charge in [-0.05, 0) is 34.5 Å². The first-order valence-electron chi connectivity index (χ1n) is 6.51. The van der Waals surface area contributed by atoms with Gasteiger partial charge in [-0.25, -0.2) is 4.85 Å². The normalized spacial score (nSPS) is 12.0. The van der Waals surface area contributed by atoms with E-state index < -0.39 is 30.1 Å². The van der Waals surface area contributed by atoms with Crippen molar-refractivity contribution < 1.29 is 26.3 Å². The largest absolute Gasteiger partial charge is 0.407 e. The number of hydrogen-bond acceptors (Lipinski definition) is 2. The molecule has 2 aromatic rings. The molecule has 0 aliphatic rings. The van der Waals surface area contributed by atoms with Crippen LogP contribution in [0.3, 0.4) is 0 Å². The molecule has 0 saturated carbocycles. The number of nitrogens with zero attached hydrogens (tertiary/aromatic N) is 2. The molecule has 0 unspecified atom stereocenters. The molecule has 1 aromatic heterocycles. The van der Waals surface area contributed by atoms with Gasteiger partial charge in [-0.3, -0.25) is 0 Å². The van der Waals surface area contributed by atoms with Crippen molar-refractivity contribution in [1.29, 1.82) is 0 Å². The molecule has 0 aliphatic carbocycles. The molecule has 128 valence electrons. The predicted octanol–water partition coefficient (Wildman–Crippen LogP) is 5.89.